The average molecular weight is 155 g/mol. The van der Waals surface area contributed by atoms with Crippen LogP contribution in [0, 0.1) is 6.92 Å². The van der Waals surface area contributed by atoms with E-state index in [1.807, 2.05) is 19.2 Å². The van der Waals surface area contributed by atoms with Crippen LogP contribution in [0.1, 0.15) is 5.56 Å². The summed E-state index contributed by atoms with van der Waals surface area (Å²) in [6.07, 6.45) is 2.10. The molecule has 1 aromatic heterocycles. The Bertz CT molecular complexity index is 429. The molecule has 58 valence electrons. The van der Waals surface area contributed by atoms with Gasteiger partial charge in [-0.3, -0.25) is 0 Å². The van der Waals surface area contributed by atoms with Gasteiger partial charge in [-0.05, 0) is 12.5 Å². The highest BCUT2D eigenvalue weighted by Crippen LogP contribution is 2.16. The first-order valence-electron chi connectivity index (χ1n) is 4.00. The maximum atomic E-state index is 5.85. The Kier molecular flexibility index (Phi) is 1.50. The molecule has 0 aliphatic carbocycles. The monoisotopic (exact) mass is 155 g/mol. The predicted octanol–water partition coefficient (Wildman–Crippen LogP) is 1.28. The zero-order valence-corrected chi connectivity index (χ0v) is 7.33. The van der Waals surface area contributed by atoms with Gasteiger partial charge >= 0.3 is 0 Å². The zero-order chi connectivity index (χ0) is 8.72. The summed E-state index contributed by atoms with van der Waals surface area (Å²) in [7, 11) is 7.87. The van der Waals surface area contributed by atoms with E-state index in [-0.39, 0.29) is 0 Å². The van der Waals surface area contributed by atoms with E-state index in [2.05, 4.69) is 23.8 Å². The van der Waals surface area contributed by atoms with Gasteiger partial charge in [-0.1, -0.05) is 23.7 Å². The van der Waals surface area contributed by atoms with Gasteiger partial charge in [0.05, 0.1) is 0 Å². The molecule has 0 saturated heterocycles. The van der Waals surface area contributed by atoms with Crippen LogP contribution in [0.3, 0.4) is 0 Å². The van der Waals surface area contributed by atoms with Crippen LogP contribution in [0.25, 0.3) is 10.9 Å². The van der Waals surface area contributed by atoms with Gasteiger partial charge < -0.3 is 4.57 Å². The molecule has 1 heterocycles. The highest BCUT2D eigenvalue weighted by Gasteiger charge is 2.02. The zero-order valence-electron chi connectivity index (χ0n) is 7.33. The Morgan fingerprint density at radius 3 is 2.75 bits per heavy atom. The highest BCUT2D eigenvalue weighted by molar-refractivity contribution is 6.38. The molecule has 0 saturated carbocycles. The first-order valence-corrected chi connectivity index (χ1v) is 4.00. The lowest BCUT2D eigenvalue weighted by Gasteiger charge is -1.99. The minimum absolute atomic E-state index is 0.850. The van der Waals surface area contributed by atoms with Crippen molar-refractivity contribution in [2.24, 2.45) is 7.05 Å². The van der Waals surface area contributed by atoms with E-state index in [9.17, 15) is 0 Å². The Morgan fingerprint density at radius 2 is 2.08 bits per heavy atom. The molecule has 0 fully saturated rings. The van der Waals surface area contributed by atoms with E-state index < -0.39 is 0 Å². The molecule has 0 amide bonds. The summed E-state index contributed by atoms with van der Waals surface area (Å²) in [5.41, 5.74) is 3.26. The number of aryl methyl sites for hydroxylation is 2. The van der Waals surface area contributed by atoms with Gasteiger partial charge in [-0.15, -0.1) is 0 Å². The van der Waals surface area contributed by atoms with E-state index >= 15 is 0 Å². The first kappa shape index (κ1) is 7.47. The van der Waals surface area contributed by atoms with Gasteiger partial charge in [-0.2, -0.15) is 0 Å². The molecule has 2 heteroatoms. The second-order valence-corrected chi connectivity index (χ2v) is 3.17. The summed E-state index contributed by atoms with van der Waals surface area (Å²) in [6, 6.07) is 6.02. The van der Waals surface area contributed by atoms with Gasteiger partial charge in [0.1, 0.15) is 7.85 Å². The molecular weight excluding hydrogens is 145 g/mol. The molecular formula is C10H10BN. The number of para-hydroxylation sites is 1. The quantitative estimate of drug-likeness (QED) is 0.505. The van der Waals surface area contributed by atoms with E-state index in [4.69, 9.17) is 7.85 Å². The van der Waals surface area contributed by atoms with E-state index in [1.165, 1.54) is 10.9 Å². The van der Waals surface area contributed by atoms with Crippen LogP contribution in [0.5, 0.6) is 0 Å². The second kappa shape index (κ2) is 2.41. The van der Waals surface area contributed by atoms with Crippen LogP contribution in [0.15, 0.2) is 24.4 Å². The topological polar surface area (TPSA) is 4.93 Å². The molecule has 0 atom stereocenters. The third-order valence-electron chi connectivity index (χ3n) is 2.23. The van der Waals surface area contributed by atoms with Crippen molar-refractivity contribution in [3.63, 3.8) is 0 Å². The molecule has 0 spiro atoms. The SMILES string of the molecule is [B]c1cccc2c(C)cn(C)c12. The molecule has 0 aliphatic heterocycles. The normalized spacial score (nSPS) is 10.8. The fourth-order valence-electron chi connectivity index (χ4n) is 1.70. The van der Waals surface area contributed by atoms with Crippen molar-refractivity contribution in [3.05, 3.63) is 30.0 Å². The molecule has 1 nitrogen and oxygen atoms in total. The van der Waals surface area contributed by atoms with Crippen molar-refractivity contribution >= 4 is 24.2 Å². The van der Waals surface area contributed by atoms with Crippen molar-refractivity contribution in [1.29, 1.82) is 0 Å². The summed E-state index contributed by atoms with van der Waals surface area (Å²) < 4.78 is 2.07. The summed E-state index contributed by atoms with van der Waals surface area (Å²) in [5, 5.41) is 1.25. The molecule has 2 aromatic rings. The number of rotatable bonds is 0. The lowest BCUT2D eigenvalue weighted by atomic mass is 9.93. The second-order valence-electron chi connectivity index (χ2n) is 3.17. The minimum atomic E-state index is 0.850. The average Bonchev–Trinajstić information content (AvgIpc) is 2.29. The summed E-state index contributed by atoms with van der Waals surface area (Å²) >= 11 is 0. The standard InChI is InChI=1S/C10H10BN/c1-7-6-12(2)10-8(7)4-3-5-9(10)11/h3-6H,1-2H3. The number of benzene rings is 1. The lowest BCUT2D eigenvalue weighted by molar-refractivity contribution is 0.967. The van der Waals surface area contributed by atoms with E-state index in [1.54, 1.807) is 0 Å². The Morgan fingerprint density at radius 1 is 1.33 bits per heavy atom. The fraction of sp³-hybridized carbons (Fsp3) is 0.200. The van der Waals surface area contributed by atoms with Crippen molar-refractivity contribution in [1.82, 2.24) is 4.57 Å². The van der Waals surface area contributed by atoms with E-state index in [0.717, 1.165) is 11.0 Å². The maximum absolute atomic E-state index is 5.85. The fourth-order valence-corrected chi connectivity index (χ4v) is 1.70. The predicted molar refractivity (Wildman–Crippen MR) is 53.0 cm³/mol. The van der Waals surface area contributed by atoms with Gasteiger partial charge in [0.25, 0.3) is 0 Å². The first-order chi connectivity index (χ1) is 5.70. The number of fused-ring (bicyclic) bond motifs is 1. The molecule has 1 aromatic carbocycles. The summed E-state index contributed by atoms with van der Waals surface area (Å²) in [6.45, 7) is 2.10. The van der Waals surface area contributed by atoms with Gasteiger partial charge in [-0.25, -0.2) is 0 Å². The number of nitrogens with zero attached hydrogens (tertiary/aromatic N) is 1. The molecule has 2 rings (SSSR count). The molecule has 0 N–H and O–H groups in total. The van der Waals surface area contributed by atoms with Crippen molar-refractivity contribution < 1.29 is 0 Å². The third kappa shape index (κ3) is 0.877. The molecule has 0 aliphatic rings. The van der Waals surface area contributed by atoms with Crippen LogP contribution in [-0.2, 0) is 7.05 Å². The molecule has 12 heavy (non-hydrogen) atoms. The summed E-state index contributed by atoms with van der Waals surface area (Å²) in [5.74, 6) is 0. The maximum Gasteiger partial charge on any atom is 0.116 e. The minimum Gasteiger partial charge on any atom is -0.351 e. The van der Waals surface area contributed by atoms with E-state index in [0.29, 0.717) is 0 Å². The molecule has 0 unspecified atom stereocenters. The highest BCUT2D eigenvalue weighted by atomic mass is 14.9. The smallest absolute Gasteiger partial charge is 0.116 e. The van der Waals surface area contributed by atoms with Gasteiger partial charge in [0.2, 0.25) is 0 Å². The van der Waals surface area contributed by atoms with Crippen LogP contribution in [0.2, 0.25) is 0 Å². The van der Waals surface area contributed by atoms with Crippen molar-refractivity contribution in [2.45, 2.75) is 6.92 Å². The summed E-state index contributed by atoms with van der Waals surface area (Å²) in [4.78, 5) is 0. The number of hydrogen-bond acceptors (Lipinski definition) is 0. The number of hydrogen-bond donors (Lipinski definition) is 0. The van der Waals surface area contributed by atoms with Crippen LogP contribution in [-0.4, -0.2) is 12.4 Å². The Balaban J connectivity index is 2.99. The van der Waals surface area contributed by atoms with Crippen molar-refractivity contribution in [2.75, 3.05) is 0 Å². The Labute approximate surface area is 73.4 Å². The lowest BCUT2D eigenvalue weighted by Crippen LogP contribution is -2.05. The number of aromatic nitrogens is 1. The van der Waals surface area contributed by atoms with Crippen LogP contribution >= 0.6 is 0 Å². The third-order valence-corrected chi connectivity index (χ3v) is 2.23. The van der Waals surface area contributed by atoms with Gasteiger partial charge in [0, 0.05) is 24.1 Å². The van der Waals surface area contributed by atoms with Gasteiger partial charge in [0.15, 0.2) is 0 Å². The Hall–Kier alpha value is -1.18. The van der Waals surface area contributed by atoms with Crippen LogP contribution < -0.4 is 5.46 Å². The molecule has 0 bridgehead atoms. The van der Waals surface area contributed by atoms with Crippen LogP contribution in [0.4, 0.5) is 0 Å². The van der Waals surface area contributed by atoms with Crippen molar-refractivity contribution in [3.8, 4) is 0 Å². The molecule has 2 radical (unpaired) electrons. The largest absolute Gasteiger partial charge is 0.351 e.